The Balaban J connectivity index is 1.92. The van der Waals surface area contributed by atoms with E-state index < -0.39 is 17.4 Å². The lowest BCUT2D eigenvalue weighted by molar-refractivity contribution is -0.315. The molecule has 0 spiro atoms. The second-order valence-electron chi connectivity index (χ2n) is 8.70. The van der Waals surface area contributed by atoms with Crippen LogP contribution in [0.15, 0.2) is 0 Å². The number of ketones is 1. The molecule has 0 aromatic heterocycles. The number of carboxylic acids is 2. The van der Waals surface area contributed by atoms with E-state index in [1.165, 1.54) is 0 Å². The molecular formula is C19H26O5-2. The average molecular weight is 334 g/mol. The minimum absolute atomic E-state index is 0.0894. The number of carbonyl (C=O) groups excluding carboxylic acids is 3. The van der Waals surface area contributed by atoms with Crippen LogP contribution in [0.3, 0.4) is 0 Å². The number of aliphatic carboxylic acids is 2. The van der Waals surface area contributed by atoms with Gasteiger partial charge in [-0.1, -0.05) is 13.8 Å². The zero-order valence-electron chi connectivity index (χ0n) is 14.5. The van der Waals surface area contributed by atoms with E-state index in [4.69, 9.17) is 0 Å². The van der Waals surface area contributed by atoms with Crippen molar-refractivity contribution in [2.75, 3.05) is 0 Å². The molecule has 3 fully saturated rings. The van der Waals surface area contributed by atoms with E-state index in [-0.39, 0.29) is 30.1 Å². The van der Waals surface area contributed by atoms with Crippen molar-refractivity contribution < 1.29 is 24.6 Å². The Hall–Kier alpha value is -1.39. The maximum Gasteiger partial charge on any atom is 0.139 e. The first-order chi connectivity index (χ1) is 11.2. The van der Waals surface area contributed by atoms with Crippen LogP contribution in [0.25, 0.3) is 0 Å². The number of carbonyl (C=O) groups is 3. The summed E-state index contributed by atoms with van der Waals surface area (Å²) in [4.78, 5) is 34.9. The van der Waals surface area contributed by atoms with Gasteiger partial charge in [0.1, 0.15) is 5.78 Å². The zero-order chi connectivity index (χ0) is 17.7. The smallest absolute Gasteiger partial charge is 0.139 e. The topological polar surface area (TPSA) is 97.3 Å². The SMILES string of the molecule is C[C@]1(CC(=O)[O-])[C@H](CC(=O)[O-])CC[C@H]2[C@H]1CC[C@]1(C)C(=O)CC[C@@H]21. The van der Waals surface area contributed by atoms with Gasteiger partial charge in [-0.2, -0.15) is 0 Å². The molecule has 0 heterocycles. The largest absolute Gasteiger partial charge is 0.550 e. The summed E-state index contributed by atoms with van der Waals surface area (Å²) in [5, 5.41) is 22.6. The number of rotatable bonds is 4. The monoisotopic (exact) mass is 334 g/mol. The summed E-state index contributed by atoms with van der Waals surface area (Å²) in [5.74, 6) is -1.28. The van der Waals surface area contributed by atoms with Crippen LogP contribution in [0.1, 0.15) is 65.2 Å². The molecule has 0 radical (unpaired) electrons. The molecule has 3 rings (SSSR count). The molecule has 5 heteroatoms. The Morgan fingerprint density at radius 2 is 1.75 bits per heavy atom. The summed E-state index contributed by atoms with van der Waals surface area (Å²) in [5.41, 5.74) is -0.848. The van der Waals surface area contributed by atoms with Crippen molar-refractivity contribution in [1.29, 1.82) is 0 Å². The minimum atomic E-state index is -1.11. The fourth-order valence-corrected chi connectivity index (χ4v) is 6.43. The van der Waals surface area contributed by atoms with Crippen molar-refractivity contribution in [1.82, 2.24) is 0 Å². The third-order valence-electron chi connectivity index (χ3n) is 7.71. The molecule has 0 N–H and O–H groups in total. The molecular weight excluding hydrogens is 308 g/mol. The van der Waals surface area contributed by atoms with Crippen LogP contribution in [0.4, 0.5) is 0 Å². The molecule has 134 valence electrons. The number of carboxylic acid groups (broad SMARTS) is 2. The Morgan fingerprint density at radius 1 is 1.04 bits per heavy atom. The first-order valence-corrected chi connectivity index (χ1v) is 9.11. The van der Waals surface area contributed by atoms with Crippen LogP contribution >= 0.6 is 0 Å². The highest BCUT2D eigenvalue weighted by atomic mass is 16.4. The molecule has 24 heavy (non-hydrogen) atoms. The fraction of sp³-hybridized carbons (Fsp3) is 0.842. The summed E-state index contributed by atoms with van der Waals surface area (Å²) in [6, 6.07) is 0. The van der Waals surface area contributed by atoms with Crippen LogP contribution < -0.4 is 10.2 Å². The molecule has 3 saturated carbocycles. The van der Waals surface area contributed by atoms with Gasteiger partial charge in [-0.05, 0) is 74.0 Å². The van der Waals surface area contributed by atoms with Gasteiger partial charge in [0.25, 0.3) is 0 Å². The van der Waals surface area contributed by atoms with Gasteiger partial charge in [0.05, 0.1) is 0 Å². The number of hydrogen-bond acceptors (Lipinski definition) is 5. The van der Waals surface area contributed by atoms with Gasteiger partial charge in [-0.15, -0.1) is 0 Å². The Bertz CT molecular complexity index is 570. The molecule has 0 aromatic rings. The molecule has 3 aliphatic rings. The fourth-order valence-electron chi connectivity index (χ4n) is 6.43. The van der Waals surface area contributed by atoms with E-state index in [9.17, 15) is 24.6 Å². The van der Waals surface area contributed by atoms with Crippen LogP contribution in [0, 0.1) is 34.5 Å². The van der Waals surface area contributed by atoms with Crippen molar-refractivity contribution in [3.63, 3.8) is 0 Å². The zero-order valence-corrected chi connectivity index (χ0v) is 14.5. The van der Waals surface area contributed by atoms with Gasteiger partial charge in [0, 0.05) is 23.8 Å². The van der Waals surface area contributed by atoms with Crippen molar-refractivity contribution in [2.45, 2.75) is 65.2 Å². The summed E-state index contributed by atoms with van der Waals surface area (Å²) < 4.78 is 0. The van der Waals surface area contributed by atoms with E-state index in [0.29, 0.717) is 30.5 Å². The number of Topliss-reactive ketones (excluding diaryl/α,β-unsaturated/α-hetero) is 1. The van der Waals surface area contributed by atoms with Crippen LogP contribution in [0.5, 0.6) is 0 Å². The Morgan fingerprint density at radius 3 is 2.38 bits per heavy atom. The predicted octanol–water partition coefficient (Wildman–Crippen LogP) is 0.694. The second-order valence-corrected chi connectivity index (χ2v) is 8.70. The molecule has 5 nitrogen and oxygen atoms in total. The summed E-state index contributed by atoms with van der Waals surface area (Å²) in [6.45, 7) is 4.00. The second kappa shape index (κ2) is 5.85. The summed E-state index contributed by atoms with van der Waals surface area (Å²) in [6.07, 6.45) is 4.50. The lowest BCUT2D eigenvalue weighted by Crippen LogP contribution is -2.54. The third-order valence-corrected chi connectivity index (χ3v) is 7.71. The van der Waals surface area contributed by atoms with Crippen molar-refractivity contribution in [3.05, 3.63) is 0 Å². The van der Waals surface area contributed by atoms with Gasteiger partial charge >= 0.3 is 0 Å². The first kappa shape index (κ1) is 17.4. The number of fused-ring (bicyclic) bond motifs is 3. The summed E-state index contributed by atoms with van der Waals surface area (Å²) >= 11 is 0. The maximum atomic E-state index is 12.4. The van der Waals surface area contributed by atoms with Crippen LogP contribution in [-0.4, -0.2) is 17.7 Å². The number of hydrogen-bond donors (Lipinski definition) is 0. The molecule has 0 saturated heterocycles. The first-order valence-electron chi connectivity index (χ1n) is 9.11. The summed E-state index contributed by atoms with van der Waals surface area (Å²) in [7, 11) is 0. The Labute approximate surface area is 142 Å². The van der Waals surface area contributed by atoms with Gasteiger partial charge in [0.15, 0.2) is 0 Å². The van der Waals surface area contributed by atoms with Crippen LogP contribution in [-0.2, 0) is 14.4 Å². The Kier molecular flexibility index (Phi) is 4.25. The van der Waals surface area contributed by atoms with E-state index >= 15 is 0 Å². The molecule has 6 atom stereocenters. The minimum Gasteiger partial charge on any atom is -0.550 e. The molecule has 0 aliphatic heterocycles. The van der Waals surface area contributed by atoms with Crippen LogP contribution in [0.2, 0.25) is 0 Å². The van der Waals surface area contributed by atoms with E-state index in [1.54, 1.807) is 0 Å². The van der Waals surface area contributed by atoms with Gasteiger partial charge in [-0.25, -0.2) is 0 Å². The normalized spacial score (nSPS) is 44.7. The third kappa shape index (κ3) is 2.56. The lowest BCUT2D eigenvalue weighted by Gasteiger charge is -2.58. The van der Waals surface area contributed by atoms with E-state index in [2.05, 4.69) is 6.92 Å². The molecule has 0 unspecified atom stereocenters. The predicted molar refractivity (Wildman–Crippen MR) is 82.1 cm³/mol. The van der Waals surface area contributed by atoms with Crippen molar-refractivity contribution in [3.8, 4) is 0 Å². The van der Waals surface area contributed by atoms with Gasteiger partial charge in [0.2, 0.25) is 0 Å². The van der Waals surface area contributed by atoms with E-state index in [1.807, 2.05) is 6.92 Å². The highest BCUT2D eigenvalue weighted by molar-refractivity contribution is 5.87. The maximum absolute atomic E-state index is 12.4. The standard InChI is InChI=1S/C19H28O5/c1-18-8-7-14-12(13(18)5-6-15(18)20)4-3-11(9-16(21)22)19(14,2)10-17(23)24/h11-14H,3-10H2,1-2H3,(H,21,22)(H,23,24)/p-2/t11-,12+,13-,14+,18-,19-/m0/s1. The molecule has 0 aromatic carbocycles. The highest BCUT2D eigenvalue weighted by Crippen LogP contribution is 2.64. The molecule has 0 bridgehead atoms. The van der Waals surface area contributed by atoms with E-state index in [0.717, 1.165) is 25.7 Å². The quantitative estimate of drug-likeness (QED) is 0.753. The van der Waals surface area contributed by atoms with Crippen molar-refractivity contribution in [2.24, 2.45) is 34.5 Å². The highest BCUT2D eigenvalue weighted by Gasteiger charge is 2.59. The van der Waals surface area contributed by atoms with Gasteiger partial charge in [-0.3, -0.25) is 4.79 Å². The molecule has 3 aliphatic carbocycles. The molecule has 0 amide bonds. The van der Waals surface area contributed by atoms with Gasteiger partial charge < -0.3 is 19.8 Å². The lowest BCUT2D eigenvalue weighted by atomic mass is 9.46. The van der Waals surface area contributed by atoms with Crippen molar-refractivity contribution >= 4 is 17.7 Å². The average Bonchev–Trinajstić information content (AvgIpc) is 2.77.